The van der Waals surface area contributed by atoms with Gasteiger partial charge in [-0.25, -0.2) is 4.79 Å². The van der Waals surface area contributed by atoms with E-state index < -0.39 is 11.6 Å². The molecule has 1 aromatic carbocycles. The van der Waals surface area contributed by atoms with Gasteiger partial charge in [0.05, 0.1) is 7.11 Å². The average Bonchev–Trinajstić information content (AvgIpc) is 2.60. The van der Waals surface area contributed by atoms with Crippen LogP contribution in [0.4, 0.5) is 4.79 Å². The van der Waals surface area contributed by atoms with E-state index in [2.05, 4.69) is 18.9 Å². The molecule has 0 N–H and O–H groups in total. The zero-order valence-electron chi connectivity index (χ0n) is 12.1. The minimum atomic E-state index is -0.550. The summed E-state index contributed by atoms with van der Waals surface area (Å²) >= 11 is 0. The van der Waals surface area contributed by atoms with Crippen LogP contribution in [0.25, 0.3) is 0 Å². The van der Waals surface area contributed by atoms with Crippen LogP contribution in [-0.2, 0) is 10.3 Å². The van der Waals surface area contributed by atoms with Crippen molar-refractivity contribution in [2.75, 3.05) is 7.11 Å². The van der Waals surface area contributed by atoms with Gasteiger partial charge in [0.2, 0.25) is 0 Å². The number of nitrogens with zero attached hydrogens (tertiary/aromatic N) is 2. The fourth-order valence-corrected chi connectivity index (χ4v) is 2.55. The van der Waals surface area contributed by atoms with E-state index in [9.17, 15) is 4.79 Å². The van der Waals surface area contributed by atoms with E-state index in [0.29, 0.717) is 0 Å². The van der Waals surface area contributed by atoms with Crippen molar-refractivity contribution < 1.29 is 9.53 Å². The molecule has 0 saturated carbocycles. The monoisotopic (exact) mass is 260 g/mol. The Morgan fingerprint density at radius 2 is 1.79 bits per heavy atom. The standard InChI is InChI=1S/C15H20N2O2/c1-11-14(2,3)15(4,12-9-7-6-8-10-12)17(16-11)13(18)19-5/h6-10H,1-5H3. The van der Waals surface area contributed by atoms with Crippen molar-refractivity contribution in [3.63, 3.8) is 0 Å². The largest absolute Gasteiger partial charge is 0.451 e. The normalized spacial score (nSPS) is 25.1. The Morgan fingerprint density at radius 3 is 2.32 bits per heavy atom. The molecule has 0 spiro atoms. The van der Waals surface area contributed by atoms with Crippen LogP contribution in [0.1, 0.15) is 33.3 Å². The van der Waals surface area contributed by atoms with Crippen molar-refractivity contribution >= 4 is 11.8 Å². The number of hydrogen-bond donors (Lipinski definition) is 0. The molecule has 1 unspecified atom stereocenters. The van der Waals surface area contributed by atoms with E-state index in [1.165, 1.54) is 12.1 Å². The Balaban J connectivity index is 2.60. The summed E-state index contributed by atoms with van der Waals surface area (Å²) < 4.78 is 4.87. The van der Waals surface area contributed by atoms with E-state index in [1.54, 1.807) is 0 Å². The smallest absolute Gasteiger partial charge is 0.430 e. The molecule has 1 atom stereocenters. The number of methoxy groups -OCH3 is 1. The van der Waals surface area contributed by atoms with Crippen LogP contribution in [-0.4, -0.2) is 23.9 Å². The number of carbonyl (C=O) groups excluding carboxylic acids is 1. The van der Waals surface area contributed by atoms with Crippen molar-refractivity contribution in [3.05, 3.63) is 35.9 Å². The predicted molar refractivity (Wildman–Crippen MR) is 74.9 cm³/mol. The number of carbonyl (C=O) groups is 1. The molecule has 19 heavy (non-hydrogen) atoms. The number of amides is 1. The van der Waals surface area contributed by atoms with Gasteiger partial charge >= 0.3 is 6.09 Å². The highest BCUT2D eigenvalue weighted by atomic mass is 16.5. The number of benzene rings is 1. The van der Waals surface area contributed by atoms with Crippen LogP contribution in [0.15, 0.2) is 35.4 Å². The number of hydrogen-bond acceptors (Lipinski definition) is 3. The fraction of sp³-hybridized carbons (Fsp3) is 0.467. The second kappa shape index (κ2) is 4.37. The molecular formula is C15H20N2O2. The molecule has 0 aliphatic carbocycles. The minimum Gasteiger partial charge on any atom is -0.451 e. The van der Waals surface area contributed by atoms with Crippen molar-refractivity contribution in [1.29, 1.82) is 0 Å². The van der Waals surface area contributed by atoms with E-state index in [1.807, 2.05) is 44.2 Å². The predicted octanol–water partition coefficient (Wildman–Crippen LogP) is 3.39. The molecule has 2 rings (SSSR count). The van der Waals surface area contributed by atoms with Gasteiger partial charge in [0.1, 0.15) is 5.54 Å². The summed E-state index contributed by atoms with van der Waals surface area (Å²) in [5.74, 6) is 0. The molecule has 1 heterocycles. The summed E-state index contributed by atoms with van der Waals surface area (Å²) in [6.07, 6.45) is -0.434. The maximum atomic E-state index is 12.0. The van der Waals surface area contributed by atoms with E-state index in [4.69, 9.17) is 4.74 Å². The first-order valence-corrected chi connectivity index (χ1v) is 6.35. The summed E-state index contributed by atoms with van der Waals surface area (Å²) in [5, 5.41) is 5.87. The molecule has 1 aromatic rings. The van der Waals surface area contributed by atoms with Gasteiger partial charge in [0.25, 0.3) is 0 Å². The lowest BCUT2D eigenvalue weighted by Crippen LogP contribution is -2.50. The molecule has 0 fully saturated rings. The first-order chi connectivity index (χ1) is 8.85. The van der Waals surface area contributed by atoms with Gasteiger partial charge in [-0.15, -0.1) is 0 Å². The van der Waals surface area contributed by atoms with Crippen LogP contribution < -0.4 is 0 Å². The van der Waals surface area contributed by atoms with Crippen molar-refractivity contribution in [2.24, 2.45) is 10.5 Å². The highest BCUT2D eigenvalue weighted by Gasteiger charge is 2.56. The van der Waals surface area contributed by atoms with E-state index in [0.717, 1.165) is 11.3 Å². The van der Waals surface area contributed by atoms with Gasteiger partial charge in [0, 0.05) is 11.1 Å². The lowest BCUT2D eigenvalue weighted by atomic mass is 9.67. The highest BCUT2D eigenvalue weighted by Crippen LogP contribution is 2.50. The van der Waals surface area contributed by atoms with Crippen LogP contribution in [0, 0.1) is 5.41 Å². The average molecular weight is 260 g/mol. The maximum absolute atomic E-state index is 12.0. The fourth-order valence-electron chi connectivity index (χ4n) is 2.55. The molecule has 1 amide bonds. The van der Waals surface area contributed by atoms with Crippen LogP contribution in [0.5, 0.6) is 0 Å². The molecule has 0 radical (unpaired) electrons. The van der Waals surface area contributed by atoms with Gasteiger partial charge in [0.15, 0.2) is 0 Å². The molecule has 0 saturated heterocycles. The summed E-state index contributed by atoms with van der Waals surface area (Å²) in [6, 6.07) is 9.95. The van der Waals surface area contributed by atoms with Crippen molar-refractivity contribution in [1.82, 2.24) is 5.01 Å². The summed E-state index contributed by atoms with van der Waals surface area (Å²) in [4.78, 5) is 12.0. The number of rotatable bonds is 1. The number of ether oxygens (including phenoxy) is 1. The number of hydrazone groups is 1. The van der Waals surface area contributed by atoms with Crippen LogP contribution in [0.3, 0.4) is 0 Å². The minimum absolute atomic E-state index is 0.261. The molecule has 0 aromatic heterocycles. The molecule has 4 heteroatoms. The van der Waals surface area contributed by atoms with E-state index in [-0.39, 0.29) is 5.41 Å². The van der Waals surface area contributed by atoms with Crippen molar-refractivity contribution in [2.45, 2.75) is 33.2 Å². The Labute approximate surface area is 114 Å². The molecule has 4 nitrogen and oxygen atoms in total. The summed E-state index contributed by atoms with van der Waals surface area (Å²) in [6.45, 7) is 8.17. The lowest BCUT2D eigenvalue weighted by molar-refractivity contribution is 0.0456. The second-order valence-corrected chi connectivity index (χ2v) is 5.53. The highest BCUT2D eigenvalue weighted by molar-refractivity contribution is 5.93. The first kappa shape index (κ1) is 13.6. The zero-order chi connectivity index (χ0) is 14.3. The SMILES string of the molecule is COC(=O)N1N=C(C)C(C)(C)C1(C)c1ccccc1. The van der Waals surface area contributed by atoms with Gasteiger partial charge in [-0.2, -0.15) is 10.1 Å². The molecule has 1 aliphatic heterocycles. The third kappa shape index (κ3) is 1.74. The van der Waals surface area contributed by atoms with Crippen LogP contribution in [0.2, 0.25) is 0 Å². The van der Waals surface area contributed by atoms with Gasteiger partial charge < -0.3 is 4.74 Å². The van der Waals surface area contributed by atoms with Crippen LogP contribution >= 0.6 is 0 Å². The molecule has 102 valence electrons. The molecule has 0 bridgehead atoms. The van der Waals surface area contributed by atoms with Gasteiger partial charge in [-0.1, -0.05) is 44.2 Å². The van der Waals surface area contributed by atoms with Gasteiger partial charge in [-0.05, 0) is 19.4 Å². The Morgan fingerprint density at radius 1 is 1.21 bits per heavy atom. The third-order valence-corrected chi connectivity index (χ3v) is 4.48. The van der Waals surface area contributed by atoms with Crippen molar-refractivity contribution in [3.8, 4) is 0 Å². The summed E-state index contributed by atoms with van der Waals surface area (Å²) in [5.41, 5.74) is 1.16. The first-order valence-electron chi connectivity index (χ1n) is 6.35. The Hall–Kier alpha value is -1.84. The molecule has 1 aliphatic rings. The topological polar surface area (TPSA) is 41.9 Å². The van der Waals surface area contributed by atoms with Gasteiger partial charge in [-0.3, -0.25) is 0 Å². The second-order valence-electron chi connectivity index (χ2n) is 5.53. The Bertz CT molecular complexity index is 522. The quantitative estimate of drug-likeness (QED) is 0.776. The zero-order valence-corrected chi connectivity index (χ0v) is 12.1. The lowest BCUT2D eigenvalue weighted by Gasteiger charge is -2.42. The Kier molecular flexibility index (Phi) is 3.12. The summed E-state index contributed by atoms with van der Waals surface area (Å²) in [7, 11) is 1.38. The van der Waals surface area contributed by atoms with E-state index >= 15 is 0 Å². The third-order valence-electron chi connectivity index (χ3n) is 4.48. The maximum Gasteiger partial charge on any atom is 0.430 e. The molecular weight excluding hydrogens is 240 g/mol.